The van der Waals surface area contributed by atoms with Gasteiger partial charge in [-0.05, 0) is 45.4 Å². The van der Waals surface area contributed by atoms with Crippen LogP contribution in [0.1, 0.15) is 64.3 Å². The first-order valence-electron chi connectivity index (χ1n) is 7.11. The molecule has 1 saturated carbocycles. The number of aliphatic hydroxyl groups excluding tert-OH is 1. The highest BCUT2D eigenvalue weighted by Gasteiger charge is 2.43. The number of aromatic nitrogens is 2. The van der Waals surface area contributed by atoms with E-state index in [1.807, 2.05) is 4.57 Å². The van der Waals surface area contributed by atoms with Crippen molar-refractivity contribution >= 4 is 0 Å². The van der Waals surface area contributed by atoms with Crippen molar-refractivity contribution in [2.24, 2.45) is 11.3 Å². The second kappa shape index (κ2) is 5.34. The highest BCUT2D eigenvalue weighted by molar-refractivity contribution is 5.16. The van der Waals surface area contributed by atoms with Gasteiger partial charge in [-0.3, -0.25) is 0 Å². The van der Waals surface area contributed by atoms with Gasteiger partial charge in [-0.1, -0.05) is 6.92 Å². The Balaban J connectivity index is 2.29. The molecular weight excluding hydrogens is 238 g/mol. The largest absolute Gasteiger partial charge is 0.385 e. The van der Waals surface area contributed by atoms with Gasteiger partial charge in [0.2, 0.25) is 0 Å². The predicted octanol–water partition coefficient (Wildman–Crippen LogP) is 3.22. The summed E-state index contributed by atoms with van der Waals surface area (Å²) >= 11 is 0. The molecule has 1 N–H and O–H groups in total. The monoisotopic (exact) mass is 261 g/mol. The molecule has 0 aromatic carbocycles. The lowest BCUT2D eigenvalue weighted by Gasteiger charge is -2.37. The van der Waals surface area contributed by atoms with E-state index in [4.69, 9.17) is 0 Å². The molecule has 1 heterocycles. The quantitative estimate of drug-likeness (QED) is 0.908. The molecule has 1 fully saturated rings. The van der Waals surface area contributed by atoms with E-state index < -0.39 is 11.5 Å². The molecule has 4 heteroatoms. The number of rotatable bonds is 3. The third-order valence-electron chi connectivity index (χ3n) is 4.45. The first kappa shape index (κ1) is 14.1. The summed E-state index contributed by atoms with van der Waals surface area (Å²) in [6.07, 6.45) is 6.27. The third-order valence-corrected chi connectivity index (χ3v) is 4.45. The van der Waals surface area contributed by atoms with Crippen LogP contribution < -0.4 is 0 Å². The standard InChI is InChI=1S/C15H23N3O/c1-11(2)18-10-17-8-13(18)14(19)15(9-16)6-4-12(3)5-7-15/h8,10-12,14,19H,4-7H2,1-3H3. The molecule has 104 valence electrons. The Morgan fingerprint density at radius 1 is 1.47 bits per heavy atom. The van der Waals surface area contributed by atoms with E-state index in [9.17, 15) is 10.4 Å². The minimum Gasteiger partial charge on any atom is -0.385 e. The highest BCUT2D eigenvalue weighted by Crippen LogP contribution is 2.47. The summed E-state index contributed by atoms with van der Waals surface area (Å²) in [5.74, 6) is 0.656. The first-order chi connectivity index (χ1) is 9.00. The molecule has 4 nitrogen and oxygen atoms in total. The van der Waals surface area contributed by atoms with Crippen LogP contribution in [0.2, 0.25) is 0 Å². The second-order valence-electron chi connectivity index (χ2n) is 6.17. The van der Waals surface area contributed by atoms with Gasteiger partial charge in [0.05, 0.1) is 29.7 Å². The van der Waals surface area contributed by atoms with E-state index in [0.717, 1.165) is 31.4 Å². The highest BCUT2D eigenvalue weighted by atomic mass is 16.3. The Labute approximate surface area is 115 Å². The molecule has 1 aliphatic rings. The van der Waals surface area contributed by atoms with E-state index in [-0.39, 0.29) is 6.04 Å². The van der Waals surface area contributed by atoms with E-state index >= 15 is 0 Å². The fraction of sp³-hybridized carbons (Fsp3) is 0.733. The maximum Gasteiger partial charge on any atom is 0.114 e. The lowest BCUT2D eigenvalue weighted by Crippen LogP contribution is -2.33. The van der Waals surface area contributed by atoms with Crippen LogP contribution in [0.5, 0.6) is 0 Å². The number of hydrogen-bond donors (Lipinski definition) is 1. The lowest BCUT2D eigenvalue weighted by molar-refractivity contribution is 0.0205. The van der Waals surface area contributed by atoms with Crippen LogP contribution in [0, 0.1) is 22.7 Å². The molecule has 2 rings (SSSR count). The van der Waals surface area contributed by atoms with Gasteiger partial charge in [0.1, 0.15) is 6.10 Å². The number of nitriles is 1. The summed E-state index contributed by atoms with van der Waals surface area (Å²) in [7, 11) is 0. The normalized spacial score (nSPS) is 29.2. The molecule has 0 aliphatic heterocycles. The molecule has 1 aromatic heterocycles. The molecule has 0 bridgehead atoms. The molecule has 0 radical (unpaired) electrons. The van der Waals surface area contributed by atoms with Crippen LogP contribution in [0.15, 0.2) is 12.5 Å². The summed E-state index contributed by atoms with van der Waals surface area (Å²) in [5.41, 5.74) is 0.130. The van der Waals surface area contributed by atoms with E-state index in [0.29, 0.717) is 5.92 Å². The molecule has 19 heavy (non-hydrogen) atoms. The number of aliphatic hydroxyl groups is 1. The molecule has 1 unspecified atom stereocenters. The van der Waals surface area contributed by atoms with Gasteiger partial charge in [-0.2, -0.15) is 5.26 Å². The van der Waals surface area contributed by atoms with Crippen LogP contribution in [-0.2, 0) is 0 Å². The molecule has 0 amide bonds. The summed E-state index contributed by atoms with van der Waals surface area (Å²) in [4.78, 5) is 4.13. The zero-order valence-corrected chi connectivity index (χ0v) is 12.0. The molecule has 1 aromatic rings. The van der Waals surface area contributed by atoms with Crippen LogP contribution in [0.3, 0.4) is 0 Å². The zero-order valence-electron chi connectivity index (χ0n) is 12.0. The van der Waals surface area contributed by atoms with Crippen molar-refractivity contribution in [2.75, 3.05) is 0 Å². The molecule has 0 saturated heterocycles. The Morgan fingerprint density at radius 3 is 2.63 bits per heavy atom. The van der Waals surface area contributed by atoms with Crippen LogP contribution >= 0.6 is 0 Å². The molecular formula is C15H23N3O. The first-order valence-corrected chi connectivity index (χ1v) is 7.11. The Bertz CT molecular complexity index is 464. The lowest BCUT2D eigenvalue weighted by atomic mass is 9.68. The zero-order chi connectivity index (χ0) is 14.0. The van der Waals surface area contributed by atoms with Crippen molar-refractivity contribution < 1.29 is 5.11 Å². The SMILES string of the molecule is CC1CCC(C#N)(C(O)c2cncn2C(C)C)CC1. The molecule has 1 atom stereocenters. The number of hydrogen-bond acceptors (Lipinski definition) is 3. The predicted molar refractivity (Wildman–Crippen MR) is 73.2 cm³/mol. The van der Waals surface area contributed by atoms with Crippen LogP contribution in [0.25, 0.3) is 0 Å². The van der Waals surface area contributed by atoms with Crippen molar-refractivity contribution in [3.63, 3.8) is 0 Å². The van der Waals surface area contributed by atoms with E-state index in [2.05, 4.69) is 31.8 Å². The maximum absolute atomic E-state index is 10.7. The van der Waals surface area contributed by atoms with Gasteiger partial charge >= 0.3 is 0 Å². The van der Waals surface area contributed by atoms with Gasteiger partial charge in [0, 0.05) is 6.04 Å². The maximum atomic E-state index is 10.7. The minimum atomic E-state index is -0.741. The van der Waals surface area contributed by atoms with Crippen molar-refractivity contribution in [3.8, 4) is 6.07 Å². The Hall–Kier alpha value is -1.34. The third kappa shape index (κ3) is 2.52. The smallest absolute Gasteiger partial charge is 0.114 e. The molecule has 1 aliphatic carbocycles. The summed E-state index contributed by atoms with van der Waals surface area (Å²) in [5, 5.41) is 20.3. The number of imidazole rings is 1. The average Bonchev–Trinajstić information content (AvgIpc) is 2.88. The van der Waals surface area contributed by atoms with Crippen molar-refractivity contribution in [2.45, 2.75) is 58.6 Å². The minimum absolute atomic E-state index is 0.241. The fourth-order valence-electron chi connectivity index (χ4n) is 2.96. The fourth-order valence-corrected chi connectivity index (χ4v) is 2.96. The topological polar surface area (TPSA) is 61.8 Å². The van der Waals surface area contributed by atoms with Gasteiger partial charge in [0.15, 0.2) is 0 Å². The van der Waals surface area contributed by atoms with Gasteiger partial charge < -0.3 is 9.67 Å². The van der Waals surface area contributed by atoms with Crippen LogP contribution in [-0.4, -0.2) is 14.7 Å². The van der Waals surface area contributed by atoms with Crippen LogP contribution in [0.4, 0.5) is 0 Å². The Kier molecular flexibility index (Phi) is 3.96. The summed E-state index contributed by atoms with van der Waals surface area (Å²) in [6, 6.07) is 2.64. The average molecular weight is 261 g/mol. The van der Waals surface area contributed by atoms with Gasteiger partial charge in [-0.25, -0.2) is 4.98 Å². The van der Waals surface area contributed by atoms with Crippen molar-refractivity contribution in [1.82, 2.24) is 9.55 Å². The summed E-state index contributed by atoms with van der Waals surface area (Å²) < 4.78 is 1.96. The number of nitrogens with zero attached hydrogens (tertiary/aromatic N) is 3. The Morgan fingerprint density at radius 2 is 2.11 bits per heavy atom. The van der Waals surface area contributed by atoms with E-state index in [1.54, 1.807) is 12.5 Å². The van der Waals surface area contributed by atoms with Crippen molar-refractivity contribution in [1.29, 1.82) is 5.26 Å². The molecule has 0 spiro atoms. The van der Waals surface area contributed by atoms with Gasteiger partial charge in [0.25, 0.3) is 0 Å². The second-order valence-corrected chi connectivity index (χ2v) is 6.17. The van der Waals surface area contributed by atoms with E-state index in [1.165, 1.54) is 0 Å². The van der Waals surface area contributed by atoms with Gasteiger partial charge in [-0.15, -0.1) is 0 Å². The van der Waals surface area contributed by atoms with Crippen molar-refractivity contribution in [3.05, 3.63) is 18.2 Å². The summed E-state index contributed by atoms with van der Waals surface area (Å²) in [6.45, 7) is 6.33.